The van der Waals surface area contributed by atoms with Gasteiger partial charge in [0.05, 0.1) is 10.6 Å². The van der Waals surface area contributed by atoms with Crippen molar-refractivity contribution in [3.05, 3.63) is 53.6 Å². The molecule has 2 aromatic rings. The number of fused-ring (bicyclic) bond motifs is 1. The third kappa shape index (κ3) is 3.34. The van der Waals surface area contributed by atoms with Gasteiger partial charge in [-0.15, -0.1) is 0 Å². The highest BCUT2D eigenvalue weighted by molar-refractivity contribution is 7.92. The van der Waals surface area contributed by atoms with Crippen molar-refractivity contribution < 1.29 is 13.2 Å². The number of sulfonamides is 1. The fraction of sp³-hybridized carbons (Fsp3) is 0.381. The van der Waals surface area contributed by atoms with E-state index < -0.39 is 10.0 Å². The number of hydrogen-bond acceptors (Lipinski definition) is 3. The Labute approximate surface area is 161 Å². The Morgan fingerprint density at radius 3 is 2.48 bits per heavy atom. The third-order valence-electron chi connectivity index (χ3n) is 5.16. The van der Waals surface area contributed by atoms with E-state index in [1.165, 1.54) is 11.2 Å². The Morgan fingerprint density at radius 1 is 1.19 bits per heavy atom. The van der Waals surface area contributed by atoms with Gasteiger partial charge in [-0.05, 0) is 54.7 Å². The van der Waals surface area contributed by atoms with Crippen molar-refractivity contribution >= 4 is 27.3 Å². The number of nitrogens with zero attached hydrogens (tertiary/aromatic N) is 2. The molecular weight excluding hydrogens is 360 g/mol. The number of carbonyl (C=O) groups excluding carboxylic acids is 1. The average Bonchev–Trinajstić information content (AvgIpc) is 2.95. The SMILES string of the molecule is CC(=O)N1c2ccc(S(=O)(=O)N(C)c3ccccc3C(C)C)cc2CC1C. The smallest absolute Gasteiger partial charge is 0.264 e. The van der Waals surface area contributed by atoms with Gasteiger partial charge in [0.1, 0.15) is 0 Å². The minimum atomic E-state index is -3.69. The Balaban J connectivity index is 2.02. The van der Waals surface area contributed by atoms with Crippen LogP contribution >= 0.6 is 0 Å². The number of anilines is 2. The van der Waals surface area contributed by atoms with E-state index >= 15 is 0 Å². The molecule has 1 amide bonds. The number of para-hydroxylation sites is 1. The van der Waals surface area contributed by atoms with Gasteiger partial charge in [0.2, 0.25) is 5.91 Å². The predicted octanol–water partition coefficient (Wildman–Crippen LogP) is 3.93. The van der Waals surface area contributed by atoms with Crippen LogP contribution in [0, 0.1) is 0 Å². The normalized spacial score (nSPS) is 16.5. The highest BCUT2D eigenvalue weighted by atomic mass is 32.2. The van der Waals surface area contributed by atoms with Gasteiger partial charge in [-0.25, -0.2) is 8.42 Å². The summed E-state index contributed by atoms with van der Waals surface area (Å²) >= 11 is 0. The van der Waals surface area contributed by atoms with Crippen LogP contribution in [0.3, 0.4) is 0 Å². The molecule has 0 N–H and O–H groups in total. The van der Waals surface area contributed by atoms with E-state index in [4.69, 9.17) is 0 Å². The van der Waals surface area contributed by atoms with Crippen LogP contribution in [0.2, 0.25) is 0 Å². The summed E-state index contributed by atoms with van der Waals surface area (Å²) in [6, 6.07) is 12.6. The van der Waals surface area contributed by atoms with E-state index in [2.05, 4.69) is 0 Å². The predicted molar refractivity (Wildman–Crippen MR) is 109 cm³/mol. The summed E-state index contributed by atoms with van der Waals surface area (Å²) in [6.07, 6.45) is 0.657. The second-order valence-corrected chi connectivity index (χ2v) is 9.39. The summed E-state index contributed by atoms with van der Waals surface area (Å²) in [6.45, 7) is 7.60. The first-order chi connectivity index (χ1) is 12.6. The quantitative estimate of drug-likeness (QED) is 0.800. The van der Waals surface area contributed by atoms with Gasteiger partial charge >= 0.3 is 0 Å². The van der Waals surface area contributed by atoms with Crippen molar-refractivity contribution in [2.75, 3.05) is 16.3 Å². The second kappa shape index (κ2) is 7.00. The van der Waals surface area contributed by atoms with Crippen molar-refractivity contribution in [3.8, 4) is 0 Å². The maximum atomic E-state index is 13.2. The molecule has 1 heterocycles. The number of benzene rings is 2. The molecule has 1 unspecified atom stereocenters. The van der Waals surface area contributed by atoms with Crippen LogP contribution in [0.25, 0.3) is 0 Å². The summed E-state index contributed by atoms with van der Waals surface area (Å²) in [5.41, 5.74) is 3.37. The molecule has 6 heteroatoms. The summed E-state index contributed by atoms with van der Waals surface area (Å²) in [5, 5.41) is 0. The average molecular weight is 387 g/mol. The highest BCUT2D eigenvalue weighted by Gasteiger charge is 2.31. The van der Waals surface area contributed by atoms with Crippen LogP contribution in [-0.4, -0.2) is 27.4 Å². The fourth-order valence-corrected chi connectivity index (χ4v) is 5.07. The summed E-state index contributed by atoms with van der Waals surface area (Å²) < 4.78 is 27.9. The maximum Gasteiger partial charge on any atom is 0.264 e. The molecule has 0 aromatic heterocycles. The van der Waals surface area contributed by atoms with Crippen molar-refractivity contribution in [1.29, 1.82) is 0 Å². The zero-order chi connectivity index (χ0) is 19.9. The van der Waals surface area contributed by atoms with Gasteiger partial charge in [-0.3, -0.25) is 9.10 Å². The Kier molecular flexibility index (Phi) is 5.04. The second-order valence-electron chi connectivity index (χ2n) is 7.42. The molecule has 1 aliphatic heterocycles. The maximum absolute atomic E-state index is 13.2. The van der Waals surface area contributed by atoms with E-state index in [9.17, 15) is 13.2 Å². The lowest BCUT2D eigenvalue weighted by Gasteiger charge is -2.24. The van der Waals surface area contributed by atoms with Gasteiger partial charge in [-0.2, -0.15) is 0 Å². The molecule has 5 nitrogen and oxygen atoms in total. The summed E-state index contributed by atoms with van der Waals surface area (Å²) in [7, 11) is -2.10. The van der Waals surface area contributed by atoms with Crippen molar-refractivity contribution in [1.82, 2.24) is 0 Å². The van der Waals surface area contributed by atoms with Crippen LogP contribution in [-0.2, 0) is 21.2 Å². The number of rotatable bonds is 4. The number of amides is 1. The van der Waals surface area contributed by atoms with E-state index in [0.29, 0.717) is 12.1 Å². The van der Waals surface area contributed by atoms with Crippen LogP contribution in [0.1, 0.15) is 44.7 Å². The first-order valence-corrected chi connectivity index (χ1v) is 10.6. The standard InChI is InChI=1S/C21H26N2O3S/c1-14(2)19-8-6-7-9-21(19)22(5)27(25,26)18-10-11-20-17(13-18)12-15(3)23(20)16(4)24/h6-11,13-15H,12H2,1-5H3. The molecule has 2 aromatic carbocycles. The molecule has 0 radical (unpaired) electrons. The third-order valence-corrected chi connectivity index (χ3v) is 6.93. The first kappa shape index (κ1) is 19.4. The topological polar surface area (TPSA) is 57.7 Å². The summed E-state index contributed by atoms with van der Waals surface area (Å²) in [5.74, 6) is 0.184. The lowest BCUT2D eigenvalue weighted by atomic mass is 10.0. The Hall–Kier alpha value is -2.34. The number of carbonyl (C=O) groups is 1. The van der Waals surface area contributed by atoms with Crippen molar-refractivity contribution in [3.63, 3.8) is 0 Å². The minimum absolute atomic E-state index is 0.0279. The highest BCUT2D eigenvalue weighted by Crippen LogP contribution is 2.36. The van der Waals surface area contributed by atoms with Crippen LogP contribution in [0.4, 0.5) is 11.4 Å². The molecule has 144 valence electrons. The van der Waals surface area contributed by atoms with Gasteiger partial charge in [0, 0.05) is 25.7 Å². The van der Waals surface area contributed by atoms with Crippen LogP contribution in [0.5, 0.6) is 0 Å². The molecule has 3 rings (SSSR count). The molecule has 0 spiro atoms. The minimum Gasteiger partial charge on any atom is -0.309 e. The van der Waals surface area contributed by atoms with E-state index in [0.717, 1.165) is 16.8 Å². The monoisotopic (exact) mass is 386 g/mol. The van der Waals surface area contributed by atoms with Gasteiger partial charge in [0.25, 0.3) is 10.0 Å². The molecule has 0 saturated heterocycles. The van der Waals surface area contributed by atoms with E-state index in [1.807, 2.05) is 45.0 Å². The zero-order valence-corrected chi connectivity index (χ0v) is 17.2. The molecule has 0 aliphatic carbocycles. The largest absolute Gasteiger partial charge is 0.309 e. The first-order valence-electron chi connectivity index (χ1n) is 9.15. The molecule has 1 aliphatic rings. The lowest BCUT2D eigenvalue weighted by Crippen LogP contribution is -2.33. The fourth-order valence-electron chi connectivity index (χ4n) is 3.80. The summed E-state index contributed by atoms with van der Waals surface area (Å²) in [4.78, 5) is 13.9. The molecule has 27 heavy (non-hydrogen) atoms. The van der Waals surface area contributed by atoms with Crippen LogP contribution < -0.4 is 9.21 Å². The Morgan fingerprint density at radius 2 is 1.85 bits per heavy atom. The number of hydrogen-bond donors (Lipinski definition) is 0. The Bertz CT molecular complexity index is 983. The van der Waals surface area contributed by atoms with Gasteiger partial charge < -0.3 is 4.90 Å². The molecule has 0 saturated carbocycles. The van der Waals surface area contributed by atoms with E-state index in [-0.39, 0.29) is 22.8 Å². The van der Waals surface area contributed by atoms with Gasteiger partial charge in [0.15, 0.2) is 0 Å². The molecule has 1 atom stereocenters. The van der Waals surface area contributed by atoms with Crippen LogP contribution in [0.15, 0.2) is 47.4 Å². The van der Waals surface area contributed by atoms with Crippen molar-refractivity contribution in [2.45, 2.75) is 51.0 Å². The lowest BCUT2D eigenvalue weighted by molar-refractivity contribution is -0.116. The zero-order valence-electron chi connectivity index (χ0n) is 16.4. The molecular formula is C21H26N2O3S. The van der Waals surface area contributed by atoms with E-state index in [1.54, 1.807) is 30.1 Å². The van der Waals surface area contributed by atoms with Crippen molar-refractivity contribution in [2.24, 2.45) is 0 Å². The molecule has 0 fully saturated rings. The molecule has 0 bridgehead atoms. The van der Waals surface area contributed by atoms with Gasteiger partial charge in [-0.1, -0.05) is 32.0 Å².